The van der Waals surface area contributed by atoms with E-state index in [1.165, 1.54) is 130 Å². The molecule has 3 aliphatic carbocycles. The molecule has 0 amide bonds. The molecule has 4 aliphatic rings. The molecule has 7 heteroatoms. The molecule has 1 aliphatic heterocycles. The van der Waals surface area contributed by atoms with Gasteiger partial charge in [0.1, 0.15) is 5.54 Å². The van der Waals surface area contributed by atoms with E-state index in [-0.39, 0.29) is 24.8 Å². The van der Waals surface area contributed by atoms with E-state index in [1.807, 2.05) is 12.5 Å². The van der Waals surface area contributed by atoms with Gasteiger partial charge in [-0.1, -0.05) is 100 Å². The number of nitrogens with zero attached hydrogens (tertiary/aromatic N) is 2. The number of anilines is 2. The van der Waals surface area contributed by atoms with Gasteiger partial charge in [-0.25, -0.2) is 0 Å². The topological polar surface area (TPSA) is 15.7 Å². The fraction of sp³-hybridized carbons (Fsp3) is 0.667. The Kier molecular flexibility index (Phi) is 17.5. The van der Waals surface area contributed by atoms with Crippen LogP contribution >= 0.6 is 6.89 Å². The molecular formula is C42H65Cl2N2OPRu. The van der Waals surface area contributed by atoms with E-state index in [0.717, 1.165) is 36.7 Å². The minimum absolute atomic E-state index is 0. The van der Waals surface area contributed by atoms with E-state index in [2.05, 4.69) is 98.2 Å². The molecule has 0 atom stereocenters. The second-order valence-corrected chi connectivity index (χ2v) is 20.0. The summed E-state index contributed by atoms with van der Waals surface area (Å²) < 4.78 is 4.68. The van der Waals surface area contributed by atoms with E-state index >= 15 is 0 Å². The molecule has 0 N–H and O–H groups in total. The number of halogens is 2. The minimum Gasteiger partial charge on any atom is -1.00 e. The van der Waals surface area contributed by atoms with Crippen LogP contribution in [0.1, 0.15) is 137 Å². The fourth-order valence-corrected chi connectivity index (χ4v) is 18.5. The third kappa shape index (κ3) is 9.31. The maximum Gasteiger partial charge on any atom is 0.109 e. The molecule has 0 spiro atoms. The number of benzene rings is 2. The Morgan fingerprint density at radius 1 is 0.592 bits per heavy atom. The largest absolute Gasteiger partial charge is 1.00 e. The van der Waals surface area contributed by atoms with Gasteiger partial charge >= 0.3 is 40.9 Å². The van der Waals surface area contributed by atoms with Gasteiger partial charge in [-0.2, -0.15) is 0 Å². The van der Waals surface area contributed by atoms with Crippen LogP contribution in [-0.4, -0.2) is 47.0 Å². The molecule has 3 saturated carbocycles. The number of rotatable bonds is 7. The molecule has 4 fully saturated rings. The van der Waals surface area contributed by atoms with Crippen LogP contribution in [0.3, 0.4) is 0 Å². The summed E-state index contributed by atoms with van der Waals surface area (Å²) in [5.74, 6) is 0. The second-order valence-electron chi connectivity index (χ2n) is 15.3. The van der Waals surface area contributed by atoms with Crippen LogP contribution in [-0.2, 0) is 22.6 Å². The second kappa shape index (κ2) is 20.0. The summed E-state index contributed by atoms with van der Waals surface area (Å²) >= 11 is 2.27. The molecule has 2 aromatic carbocycles. The summed E-state index contributed by atoms with van der Waals surface area (Å²) in [6.45, 7) is 17.6. The zero-order valence-electron chi connectivity index (χ0n) is 31.7. The monoisotopic (exact) mass is 816 g/mol. The molecule has 1 heterocycles. The summed E-state index contributed by atoms with van der Waals surface area (Å²) in [7, 11) is 0. The zero-order chi connectivity index (χ0) is 33.6. The van der Waals surface area contributed by atoms with Crippen molar-refractivity contribution < 1.29 is 47.4 Å². The fourth-order valence-electron chi connectivity index (χ4n) is 10.6. The molecule has 3 nitrogen and oxygen atoms in total. The van der Waals surface area contributed by atoms with Crippen molar-refractivity contribution in [1.82, 2.24) is 0 Å². The van der Waals surface area contributed by atoms with E-state index in [4.69, 9.17) is 0 Å². The molecule has 0 aromatic heterocycles. The van der Waals surface area contributed by atoms with Gasteiger partial charge in [0.15, 0.2) is 0 Å². The Balaban J connectivity index is 0.000000868. The van der Waals surface area contributed by atoms with Gasteiger partial charge in [0.2, 0.25) is 0 Å². The smallest absolute Gasteiger partial charge is 0.109 e. The van der Waals surface area contributed by atoms with Crippen molar-refractivity contribution in [3.05, 3.63) is 57.6 Å². The molecule has 1 saturated heterocycles. The SMILES string of the molecule is CCO[CH]=[Ru+2].Cc1cc(C)c(N2CCN(c3c(C)cc(C)cc3C)C2=P(C2CCCCC2)(C2CCCCC2)C2CCCCC2)c(C)c1.[Cl-].[Cl-]. The first-order chi connectivity index (χ1) is 22.7. The third-order valence-corrected chi connectivity index (χ3v) is 18.6. The van der Waals surface area contributed by atoms with Gasteiger partial charge in [-0.3, -0.25) is 0 Å². The Morgan fingerprint density at radius 3 is 1.14 bits per heavy atom. The summed E-state index contributed by atoms with van der Waals surface area (Å²) in [6.07, 6.45) is 22.1. The number of hydrogen-bond acceptors (Lipinski definition) is 1. The Morgan fingerprint density at radius 2 is 0.898 bits per heavy atom. The van der Waals surface area contributed by atoms with Crippen molar-refractivity contribution in [3.8, 4) is 0 Å². The van der Waals surface area contributed by atoms with Gasteiger partial charge in [-0.15, -0.1) is 0 Å². The Bertz CT molecular complexity index is 1260. The molecule has 276 valence electrons. The van der Waals surface area contributed by atoms with Crippen molar-refractivity contribution >= 4 is 28.6 Å². The molecular weight excluding hydrogens is 751 g/mol. The van der Waals surface area contributed by atoms with Gasteiger partial charge in [0.05, 0.1) is 0 Å². The quantitative estimate of drug-likeness (QED) is 0.279. The molecule has 0 bridgehead atoms. The predicted molar refractivity (Wildman–Crippen MR) is 206 cm³/mol. The van der Waals surface area contributed by atoms with Gasteiger partial charge in [0.25, 0.3) is 0 Å². The maximum atomic E-state index is 4.68. The van der Waals surface area contributed by atoms with Crippen molar-refractivity contribution in [2.75, 3.05) is 29.5 Å². The first-order valence-electron chi connectivity index (χ1n) is 19.2. The minimum atomic E-state index is -1.55. The molecule has 0 radical (unpaired) electrons. The Labute approximate surface area is 323 Å². The molecule has 0 unspecified atom stereocenters. The molecule has 49 heavy (non-hydrogen) atoms. The van der Waals surface area contributed by atoms with Gasteiger partial charge in [0, 0.05) is 24.5 Å². The van der Waals surface area contributed by atoms with Gasteiger partial charge < -0.3 is 34.6 Å². The van der Waals surface area contributed by atoms with Crippen LogP contribution in [0, 0.1) is 41.5 Å². The first-order valence-corrected chi connectivity index (χ1v) is 22.2. The molecule has 2 aromatic rings. The first kappa shape index (κ1) is 42.8. The van der Waals surface area contributed by atoms with E-state index in [0.29, 0.717) is 0 Å². The average Bonchev–Trinajstić information content (AvgIpc) is 3.47. The average molecular weight is 817 g/mol. The van der Waals surface area contributed by atoms with Gasteiger partial charge in [-0.05, 0) is 119 Å². The molecule has 6 rings (SSSR count). The van der Waals surface area contributed by atoms with Crippen LogP contribution in [0.25, 0.3) is 0 Å². The van der Waals surface area contributed by atoms with Crippen LogP contribution in [0.4, 0.5) is 11.4 Å². The maximum absolute atomic E-state index is 4.68. The zero-order valence-corrected chi connectivity index (χ0v) is 35.9. The van der Waals surface area contributed by atoms with Crippen molar-refractivity contribution in [3.63, 3.8) is 0 Å². The third-order valence-electron chi connectivity index (χ3n) is 11.9. The standard InChI is InChI=1S/C39H59N2P.C3H6O.2ClH.Ru/c1-28-24-30(3)37(31(4)25-28)40-22-23-41(38-32(5)26-29(2)27-33(38)6)39(40)42(34-16-10-7-11-17-34,35-18-12-8-13-19-35)36-20-14-9-15-21-36;1-3-4-2;;;/h24-27,34-36H,7-23H2,1-6H3;2H,3H2,1H3;2*1H;/q;;;;+2/p-2. The van der Waals surface area contributed by atoms with E-state index < -0.39 is 6.89 Å². The number of hydrogen-bond donors (Lipinski definition) is 0. The summed E-state index contributed by atoms with van der Waals surface area (Å²) in [4.78, 5) is 7.57. The van der Waals surface area contributed by atoms with Crippen LogP contribution in [0.15, 0.2) is 24.3 Å². The number of aryl methyl sites for hydroxylation is 6. The van der Waals surface area contributed by atoms with Crippen molar-refractivity contribution in [2.45, 2.75) is 162 Å². The Hall–Kier alpha value is -0.627. The number of ether oxygens (including phenoxy) is 1. The van der Waals surface area contributed by atoms with E-state index in [1.54, 1.807) is 16.2 Å². The van der Waals surface area contributed by atoms with Crippen LogP contribution in [0.5, 0.6) is 0 Å². The van der Waals surface area contributed by atoms with Crippen molar-refractivity contribution in [1.29, 1.82) is 0 Å². The van der Waals surface area contributed by atoms with Crippen LogP contribution < -0.4 is 34.6 Å². The van der Waals surface area contributed by atoms with Crippen molar-refractivity contribution in [2.24, 2.45) is 0 Å². The summed E-state index contributed by atoms with van der Waals surface area (Å²) in [5.41, 5.74) is 16.5. The predicted octanol–water partition coefficient (Wildman–Crippen LogP) is 5.30. The normalized spacial score (nSPS) is 19.5. The van der Waals surface area contributed by atoms with E-state index in [9.17, 15) is 0 Å². The van der Waals surface area contributed by atoms with Crippen LogP contribution in [0.2, 0.25) is 0 Å². The summed E-state index contributed by atoms with van der Waals surface area (Å²) in [6, 6.07) is 9.86. The summed E-state index contributed by atoms with van der Waals surface area (Å²) in [5, 5.41) is 0.